The van der Waals surface area contributed by atoms with Crippen LogP contribution in [0.2, 0.25) is 0 Å². The number of anilines is 1. The number of hydrogen-bond acceptors (Lipinski definition) is 6. The maximum Gasteiger partial charge on any atom is 0.270 e. The zero-order valence-electron chi connectivity index (χ0n) is 14.4. The summed E-state index contributed by atoms with van der Waals surface area (Å²) in [5.74, 6) is -0.385. The van der Waals surface area contributed by atoms with E-state index in [9.17, 15) is 9.18 Å². The van der Waals surface area contributed by atoms with Gasteiger partial charge in [-0.3, -0.25) is 14.6 Å². The fourth-order valence-electron chi connectivity index (χ4n) is 2.91. The second kappa shape index (κ2) is 8.32. The van der Waals surface area contributed by atoms with Crippen molar-refractivity contribution in [3.05, 3.63) is 44.8 Å². The van der Waals surface area contributed by atoms with Crippen LogP contribution in [0.25, 0.3) is 10.2 Å². The number of amides is 1. The highest BCUT2D eigenvalue weighted by Gasteiger charge is 2.24. The first-order valence-corrected chi connectivity index (χ1v) is 11.0. The Bertz CT molecular complexity index is 955. The number of benzene rings is 1. The van der Waals surface area contributed by atoms with Gasteiger partial charge in [0.15, 0.2) is 5.13 Å². The van der Waals surface area contributed by atoms with Crippen molar-refractivity contribution in [2.24, 2.45) is 0 Å². The van der Waals surface area contributed by atoms with Gasteiger partial charge in [-0.1, -0.05) is 11.3 Å². The van der Waals surface area contributed by atoms with Gasteiger partial charge in [-0.2, -0.15) is 0 Å². The lowest BCUT2D eigenvalue weighted by atomic mass is 10.3. The lowest BCUT2D eigenvalue weighted by Crippen LogP contribution is -2.43. The molecule has 1 aromatic carbocycles. The van der Waals surface area contributed by atoms with Crippen LogP contribution < -0.4 is 4.90 Å². The van der Waals surface area contributed by atoms with Crippen molar-refractivity contribution in [1.29, 1.82) is 0 Å². The van der Waals surface area contributed by atoms with E-state index >= 15 is 0 Å². The van der Waals surface area contributed by atoms with E-state index in [2.05, 4.69) is 25.8 Å². The van der Waals surface area contributed by atoms with Crippen LogP contribution in [0.3, 0.4) is 0 Å². The summed E-state index contributed by atoms with van der Waals surface area (Å²) in [4.78, 5) is 22.3. The highest BCUT2D eigenvalue weighted by Crippen LogP contribution is 2.32. The number of hydrogen-bond donors (Lipinski definition) is 0. The molecule has 0 radical (unpaired) electrons. The van der Waals surface area contributed by atoms with Gasteiger partial charge in [-0.25, -0.2) is 9.37 Å². The molecule has 27 heavy (non-hydrogen) atoms. The third-order valence-corrected chi connectivity index (χ3v) is 7.00. The van der Waals surface area contributed by atoms with E-state index in [1.807, 2.05) is 12.1 Å². The molecule has 0 aliphatic carbocycles. The van der Waals surface area contributed by atoms with Crippen LogP contribution >= 0.6 is 38.6 Å². The Hall–Kier alpha value is -1.39. The SMILES string of the molecule is O=C(c1ccc(Br)s1)N(CCN1CCOCC1)c1nc2ccc(F)cc2s1. The van der Waals surface area contributed by atoms with Gasteiger partial charge >= 0.3 is 0 Å². The largest absolute Gasteiger partial charge is 0.379 e. The number of carbonyl (C=O) groups excluding carboxylic acids is 1. The van der Waals surface area contributed by atoms with Gasteiger partial charge in [0.2, 0.25) is 0 Å². The Kier molecular flexibility index (Phi) is 5.84. The first-order chi connectivity index (χ1) is 13.1. The molecule has 0 bridgehead atoms. The first kappa shape index (κ1) is 18.9. The van der Waals surface area contributed by atoms with Crippen LogP contribution in [0.15, 0.2) is 34.1 Å². The number of ether oxygens (including phenoxy) is 1. The van der Waals surface area contributed by atoms with E-state index < -0.39 is 0 Å². The van der Waals surface area contributed by atoms with Crippen molar-refractivity contribution >= 4 is 59.9 Å². The minimum Gasteiger partial charge on any atom is -0.379 e. The Balaban J connectivity index is 1.62. The summed E-state index contributed by atoms with van der Waals surface area (Å²) in [7, 11) is 0. The average Bonchev–Trinajstić information content (AvgIpc) is 3.28. The Labute approximate surface area is 172 Å². The topological polar surface area (TPSA) is 45.7 Å². The molecule has 1 saturated heterocycles. The molecule has 0 N–H and O–H groups in total. The smallest absolute Gasteiger partial charge is 0.270 e. The number of fused-ring (bicyclic) bond motifs is 1. The molecule has 4 rings (SSSR count). The molecule has 1 amide bonds. The van der Waals surface area contributed by atoms with Gasteiger partial charge in [-0.05, 0) is 46.3 Å². The van der Waals surface area contributed by atoms with Gasteiger partial charge in [0.05, 0.1) is 32.1 Å². The molecule has 3 aromatic rings. The summed E-state index contributed by atoms with van der Waals surface area (Å²) in [6, 6.07) is 8.18. The van der Waals surface area contributed by atoms with Crippen LogP contribution in [0.5, 0.6) is 0 Å². The second-order valence-corrected chi connectivity index (χ2v) is 9.60. The third-order valence-electron chi connectivity index (χ3n) is 4.34. The molecule has 142 valence electrons. The molecule has 0 unspecified atom stereocenters. The van der Waals surface area contributed by atoms with Gasteiger partial charge in [0.25, 0.3) is 5.91 Å². The number of halogens is 2. The highest BCUT2D eigenvalue weighted by molar-refractivity contribution is 9.11. The number of thiazole rings is 1. The van der Waals surface area contributed by atoms with E-state index in [1.165, 1.54) is 34.8 Å². The lowest BCUT2D eigenvalue weighted by Gasteiger charge is -2.29. The number of morpholine rings is 1. The summed E-state index contributed by atoms with van der Waals surface area (Å²) < 4.78 is 20.6. The zero-order chi connectivity index (χ0) is 18.8. The monoisotopic (exact) mass is 469 g/mol. The maximum absolute atomic E-state index is 13.5. The molecule has 1 aliphatic heterocycles. The summed E-state index contributed by atoms with van der Waals surface area (Å²) in [5.41, 5.74) is 0.702. The Morgan fingerprint density at radius 2 is 2.07 bits per heavy atom. The molecule has 9 heteroatoms. The quantitative estimate of drug-likeness (QED) is 0.560. The van der Waals surface area contributed by atoms with E-state index in [-0.39, 0.29) is 11.7 Å². The van der Waals surface area contributed by atoms with Gasteiger partial charge in [0.1, 0.15) is 5.82 Å². The van der Waals surface area contributed by atoms with E-state index in [0.29, 0.717) is 35.3 Å². The minimum absolute atomic E-state index is 0.0847. The van der Waals surface area contributed by atoms with Crippen molar-refractivity contribution in [2.75, 3.05) is 44.3 Å². The molecule has 0 spiro atoms. The molecular formula is C18H17BrFN3O2S2. The molecule has 1 aliphatic rings. The predicted octanol–water partition coefficient (Wildman–Crippen LogP) is 4.24. The number of carbonyl (C=O) groups is 1. The summed E-state index contributed by atoms with van der Waals surface area (Å²) >= 11 is 6.15. The number of rotatable bonds is 5. The lowest BCUT2D eigenvalue weighted by molar-refractivity contribution is 0.0391. The van der Waals surface area contributed by atoms with Gasteiger partial charge in [0, 0.05) is 26.2 Å². The molecule has 2 aromatic heterocycles. The molecule has 5 nitrogen and oxygen atoms in total. The zero-order valence-corrected chi connectivity index (χ0v) is 17.6. The molecular weight excluding hydrogens is 453 g/mol. The Morgan fingerprint density at radius 3 is 2.81 bits per heavy atom. The summed E-state index contributed by atoms with van der Waals surface area (Å²) in [6.45, 7) is 4.41. The summed E-state index contributed by atoms with van der Waals surface area (Å²) in [5, 5.41) is 0.596. The van der Waals surface area contributed by atoms with Crippen molar-refractivity contribution in [1.82, 2.24) is 9.88 Å². The number of thiophene rings is 1. The third kappa shape index (κ3) is 4.38. The van der Waals surface area contributed by atoms with E-state index in [4.69, 9.17) is 4.74 Å². The van der Waals surface area contributed by atoms with Crippen LogP contribution in [-0.4, -0.2) is 55.2 Å². The Morgan fingerprint density at radius 1 is 1.26 bits per heavy atom. The fraction of sp³-hybridized carbons (Fsp3) is 0.333. The number of nitrogens with zero attached hydrogens (tertiary/aromatic N) is 3. The normalized spacial score (nSPS) is 15.3. The summed E-state index contributed by atoms with van der Waals surface area (Å²) in [6.07, 6.45) is 0. The molecule has 3 heterocycles. The van der Waals surface area contributed by atoms with Crippen LogP contribution in [0.4, 0.5) is 9.52 Å². The minimum atomic E-state index is -0.300. The second-order valence-electron chi connectivity index (χ2n) is 6.12. The fourth-order valence-corrected chi connectivity index (χ4v) is 5.26. The highest BCUT2D eigenvalue weighted by atomic mass is 79.9. The predicted molar refractivity (Wildman–Crippen MR) is 111 cm³/mol. The van der Waals surface area contributed by atoms with Crippen molar-refractivity contribution < 1.29 is 13.9 Å². The first-order valence-electron chi connectivity index (χ1n) is 8.53. The van der Waals surface area contributed by atoms with Crippen molar-refractivity contribution in [3.8, 4) is 0 Å². The average molecular weight is 470 g/mol. The van der Waals surface area contributed by atoms with Crippen molar-refractivity contribution in [2.45, 2.75) is 0 Å². The van der Waals surface area contributed by atoms with Gasteiger partial charge < -0.3 is 4.74 Å². The van der Waals surface area contributed by atoms with Crippen molar-refractivity contribution in [3.63, 3.8) is 0 Å². The van der Waals surface area contributed by atoms with Crippen LogP contribution in [0.1, 0.15) is 9.67 Å². The maximum atomic E-state index is 13.5. The van der Waals surface area contributed by atoms with E-state index in [0.717, 1.165) is 28.1 Å². The molecule has 0 saturated carbocycles. The molecule has 0 atom stereocenters. The molecule has 1 fully saturated rings. The van der Waals surface area contributed by atoms with Crippen LogP contribution in [-0.2, 0) is 4.74 Å². The van der Waals surface area contributed by atoms with Gasteiger partial charge in [-0.15, -0.1) is 11.3 Å². The standard InChI is InChI=1S/C18H17BrFN3O2S2/c19-16-4-3-14(26-16)17(24)23(6-5-22-7-9-25-10-8-22)18-21-13-2-1-12(20)11-15(13)27-18/h1-4,11H,5-10H2. The van der Waals surface area contributed by atoms with E-state index in [1.54, 1.807) is 11.0 Å². The number of aromatic nitrogens is 1. The van der Waals surface area contributed by atoms with Crippen LogP contribution in [0, 0.1) is 5.82 Å².